The first-order valence-corrected chi connectivity index (χ1v) is 4.10. The molecule has 0 heterocycles. The van der Waals surface area contributed by atoms with Crippen molar-refractivity contribution >= 4 is 10.4 Å². The van der Waals surface area contributed by atoms with Crippen LogP contribution in [0.5, 0.6) is 0 Å². The fraction of sp³-hybridized carbons (Fsp3) is 1.00. The molecular weight excluding hydrogens is 156 g/mol. The van der Waals surface area contributed by atoms with Gasteiger partial charge in [0.15, 0.2) is 0 Å². The van der Waals surface area contributed by atoms with Crippen LogP contribution in [0.25, 0.3) is 0 Å². The van der Waals surface area contributed by atoms with Crippen molar-refractivity contribution in [3.8, 4) is 0 Å². The summed E-state index contributed by atoms with van der Waals surface area (Å²) in [5, 5.41) is 0. The zero-order valence-electron chi connectivity index (χ0n) is 6.62. The Morgan fingerprint density at radius 2 is 1.00 bits per heavy atom. The van der Waals surface area contributed by atoms with Crippen LogP contribution < -0.4 is 0 Å². The molecule has 0 aromatic rings. The lowest BCUT2D eigenvalue weighted by molar-refractivity contribution is 0.381. The van der Waals surface area contributed by atoms with Crippen molar-refractivity contribution < 1.29 is 17.5 Å². The number of hydrogen-bond donors (Lipinski definition) is 2. The second kappa shape index (κ2) is 3.90. The molecule has 4 nitrogen and oxygen atoms in total. The molecule has 0 fully saturated rings. The van der Waals surface area contributed by atoms with Gasteiger partial charge in [-0.25, -0.2) is 0 Å². The molecule has 0 spiro atoms. The summed E-state index contributed by atoms with van der Waals surface area (Å²) >= 11 is 0. The molecule has 64 valence electrons. The molecule has 0 saturated heterocycles. The summed E-state index contributed by atoms with van der Waals surface area (Å²) in [6.45, 7) is 8.75. The van der Waals surface area contributed by atoms with Crippen LogP contribution in [0, 0.1) is 5.41 Å². The molecule has 2 N–H and O–H groups in total. The molecule has 0 aromatic carbocycles. The SMILES string of the molecule is CC(C)(C)C.O=S(=O)(O)O. The molecule has 0 saturated carbocycles. The minimum atomic E-state index is -4.67. The molecule has 0 bridgehead atoms. The highest BCUT2D eigenvalue weighted by atomic mass is 32.3. The van der Waals surface area contributed by atoms with Crippen molar-refractivity contribution in [1.29, 1.82) is 0 Å². The second-order valence-electron chi connectivity index (χ2n) is 3.45. The van der Waals surface area contributed by atoms with E-state index in [4.69, 9.17) is 17.5 Å². The van der Waals surface area contributed by atoms with E-state index in [-0.39, 0.29) is 0 Å². The Bertz CT molecular complexity index is 149. The van der Waals surface area contributed by atoms with E-state index >= 15 is 0 Å². The van der Waals surface area contributed by atoms with Gasteiger partial charge in [0.1, 0.15) is 0 Å². The van der Waals surface area contributed by atoms with Gasteiger partial charge in [-0.1, -0.05) is 27.7 Å². The van der Waals surface area contributed by atoms with Crippen molar-refractivity contribution in [1.82, 2.24) is 0 Å². The molecule has 0 radical (unpaired) electrons. The van der Waals surface area contributed by atoms with Crippen LogP contribution in [-0.4, -0.2) is 17.5 Å². The van der Waals surface area contributed by atoms with E-state index in [1.807, 2.05) is 0 Å². The molecule has 0 aromatic heterocycles. The summed E-state index contributed by atoms with van der Waals surface area (Å²) in [5.41, 5.74) is 0.500. The first-order valence-electron chi connectivity index (χ1n) is 2.70. The van der Waals surface area contributed by atoms with Gasteiger partial charge in [0, 0.05) is 0 Å². The Morgan fingerprint density at radius 1 is 1.00 bits per heavy atom. The van der Waals surface area contributed by atoms with E-state index in [2.05, 4.69) is 27.7 Å². The molecule has 0 atom stereocenters. The maximum Gasteiger partial charge on any atom is 0.394 e. The second-order valence-corrected chi connectivity index (χ2v) is 4.34. The predicted octanol–water partition coefficient (Wildman–Crippen LogP) is 1.40. The molecule has 0 rings (SSSR count). The molecule has 0 aliphatic heterocycles. The average molecular weight is 170 g/mol. The highest BCUT2D eigenvalue weighted by Crippen LogP contribution is 2.07. The fourth-order valence-corrected chi connectivity index (χ4v) is 0. The minimum absolute atomic E-state index is 0.500. The van der Waals surface area contributed by atoms with Gasteiger partial charge >= 0.3 is 10.4 Å². The zero-order valence-corrected chi connectivity index (χ0v) is 7.44. The Labute approximate surface area is 61.8 Å². The van der Waals surface area contributed by atoms with Gasteiger partial charge in [-0.3, -0.25) is 9.11 Å². The fourth-order valence-electron chi connectivity index (χ4n) is 0. The predicted molar refractivity (Wildman–Crippen MR) is 39.3 cm³/mol. The molecule has 0 aliphatic rings. The highest BCUT2D eigenvalue weighted by Gasteiger charge is 1.95. The normalized spacial score (nSPS) is 11.8. The third-order valence-corrected chi connectivity index (χ3v) is 0. The lowest BCUT2D eigenvalue weighted by Crippen LogP contribution is -1.93. The van der Waals surface area contributed by atoms with Gasteiger partial charge in [0.25, 0.3) is 0 Å². The van der Waals surface area contributed by atoms with Crippen LogP contribution in [0.15, 0.2) is 0 Å². The first-order chi connectivity index (χ1) is 4.00. The lowest BCUT2D eigenvalue weighted by Gasteiger charge is -2.05. The summed E-state index contributed by atoms with van der Waals surface area (Å²) in [5.74, 6) is 0. The van der Waals surface area contributed by atoms with Gasteiger partial charge in [0.2, 0.25) is 0 Å². The number of rotatable bonds is 0. The minimum Gasteiger partial charge on any atom is -0.264 e. The first kappa shape index (κ1) is 12.5. The van der Waals surface area contributed by atoms with Crippen LogP contribution in [0.1, 0.15) is 27.7 Å². The molecular formula is C5H14O4S. The third kappa shape index (κ3) is 22000. The zero-order chi connectivity index (χ0) is 9.00. The monoisotopic (exact) mass is 170 g/mol. The Kier molecular flexibility index (Phi) is 4.89. The van der Waals surface area contributed by atoms with E-state index in [0.29, 0.717) is 5.41 Å². The third-order valence-electron chi connectivity index (χ3n) is 0. The van der Waals surface area contributed by atoms with Crippen molar-refractivity contribution in [2.24, 2.45) is 5.41 Å². The largest absolute Gasteiger partial charge is 0.394 e. The van der Waals surface area contributed by atoms with Crippen LogP contribution >= 0.6 is 0 Å². The van der Waals surface area contributed by atoms with Crippen molar-refractivity contribution in [3.05, 3.63) is 0 Å². The van der Waals surface area contributed by atoms with E-state index in [1.165, 1.54) is 0 Å². The van der Waals surface area contributed by atoms with Crippen molar-refractivity contribution in [3.63, 3.8) is 0 Å². The summed E-state index contributed by atoms with van der Waals surface area (Å²) in [7, 11) is -4.67. The Balaban J connectivity index is 0. The van der Waals surface area contributed by atoms with Crippen LogP contribution in [0.4, 0.5) is 0 Å². The maximum atomic E-state index is 8.74. The smallest absolute Gasteiger partial charge is 0.264 e. The standard InChI is InChI=1S/C5H12.H2O4S/c2*1-5(2,3)4/h1-4H3;(H2,1,2,3,4). The molecule has 10 heavy (non-hydrogen) atoms. The number of hydrogen-bond acceptors (Lipinski definition) is 2. The summed E-state index contributed by atoms with van der Waals surface area (Å²) < 4.78 is 31.6. The van der Waals surface area contributed by atoms with Gasteiger partial charge in [-0.15, -0.1) is 0 Å². The highest BCUT2D eigenvalue weighted by molar-refractivity contribution is 7.79. The van der Waals surface area contributed by atoms with E-state index in [1.54, 1.807) is 0 Å². The van der Waals surface area contributed by atoms with Gasteiger partial charge < -0.3 is 0 Å². The summed E-state index contributed by atoms with van der Waals surface area (Å²) in [6.07, 6.45) is 0. The average Bonchev–Trinajstić information content (AvgIpc) is 1.12. The van der Waals surface area contributed by atoms with E-state index in [9.17, 15) is 0 Å². The van der Waals surface area contributed by atoms with Crippen LogP contribution in [0.3, 0.4) is 0 Å². The molecule has 0 unspecified atom stereocenters. The molecule has 0 amide bonds. The quantitative estimate of drug-likeness (QED) is 0.539. The van der Waals surface area contributed by atoms with E-state index in [0.717, 1.165) is 0 Å². The Hall–Kier alpha value is -0.130. The van der Waals surface area contributed by atoms with Crippen molar-refractivity contribution in [2.75, 3.05) is 0 Å². The molecule has 5 heteroatoms. The van der Waals surface area contributed by atoms with Crippen molar-refractivity contribution in [2.45, 2.75) is 27.7 Å². The Morgan fingerprint density at radius 3 is 1.00 bits per heavy atom. The summed E-state index contributed by atoms with van der Waals surface area (Å²) in [6, 6.07) is 0. The van der Waals surface area contributed by atoms with Gasteiger partial charge in [-0.05, 0) is 5.41 Å². The van der Waals surface area contributed by atoms with Crippen LogP contribution in [-0.2, 0) is 10.4 Å². The maximum absolute atomic E-state index is 8.74. The summed E-state index contributed by atoms with van der Waals surface area (Å²) in [4.78, 5) is 0. The lowest BCUT2D eigenvalue weighted by atomic mass is 10.0. The topological polar surface area (TPSA) is 74.6 Å². The van der Waals surface area contributed by atoms with E-state index < -0.39 is 10.4 Å². The van der Waals surface area contributed by atoms with Gasteiger partial charge in [0.05, 0.1) is 0 Å². The van der Waals surface area contributed by atoms with Gasteiger partial charge in [-0.2, -0.15) is 8.42 Å². The molecule has 0 aliphatic carbocycles. The van der Waals surface area contributed by atoms with Crippen LogP contribution in [0.2, 0.25) is 0 Å².